The van der Waals surface area contributed by atoms with Gasteiger partial charge in [0.05, 0.1) is 6.54 Å². The van der Waals surface area contributed by atoms with E-state index in [0.717, 1.165) is 26.2 Å². The molecule has 0 saturated carbocycles. The van der Waals surface area contributed by atoms with E-state index in [4.69, 9.17) is 0 Å². The van der Waals surface area contributed by atoms with Crippen molar-refractivity contribution in [2.45, 2.75) is 38.4 Å². The van der Waals surface area contributed by atoms with E-state index in [1.54, 1.807) is 11.1 Å². The molecular formula is C20H25N5O2. The molecule has 0 bridgehead atoms. The molecule has 1 spiro atoms. The van der Waals surface area contributed by atoms with Crippen molar-refractivity contribution in [3.63, 3.8) is 0 Å². The molecule has 3 amide bonds. The van der Waals surface area contributed by atoms with Gasteiger partial charge in [0.2, 0.25) is 0 Å². The number of aromatic nitrogens is 2. The first-order valence-electron chi connectivity index (χ1n) is 9.51. The highest BCUT2D eigenvalue weighted by molar-refractivity contribution is 6.07. The zero-order chi connectivity index (χ0) is 18.9. The van der Waals surface area contributed by atoms with E-state index in [9.17, 15) is 9.59 Å². The van der Waals surface area contributed by atoms with Crippen molar-refractivity contribution in [3.05, 3.63) is 53.9 Å². The summed E-state index contributed by atoms with van der Waals surface area (Å²) in [5, 5.41) is 6.75. The standard InChI is InChI=1S/C20H25N5O2/c1-2-25-19(27)22-18(26)20(25)7-11-23(12-8-20)14-16-5-3-6-17(13-16)15-24-10-4-9-21-24/h3-6,9-10,13H,2,7-8,11-12,14-15H2,1H3,(H,22,26,27). The molecule has 2 aliphatic rings. The highest BCUT2D eigenvalue weighted by Gasteiger charge is 2.53. The Hall–Kier alpha value is -2.67. The van der Waals surface area contributed by atoms with Crippen molar-refractivity contribution in [1.29, 1.82) is 0 Å². The normalized spacial score (nSPS) is 19.7. The van der Waals surface area contributed by atoms with Crippen LogP contribution in [-0.2, 0) is 17.9 Å². The SMILES string of the molecule is CCN1C(=O)NC(=O)C12CCN(Cc1cccc(Cn3cccn3)c1)CC2. The number of likely N-dealkylation sites (N-methyl/N-ethyl adjacent to an activating group) is 1. The number of benzene rings is 1. The lowest BCUT2D eigenvalue weighted by molar-refractivity contribution is -0.129. The summed E-state index contributed by atoms with van der Waals surface area (Å²) in [6.07, 6.45) is 5.12. The minimum atomic E-state index is -0.649. The second-order valence-corrected chi connectivity index (χ2v) is 7.33. The second kappa shape index (κ2) is 7.15. The molecule has 2 aromatic rings. The number of hydrogen-bond donors (Lipinski definition) is 1. The predicted molar refractivity (Wildman–Crippen MR) is 101 cm³/mol. The summed E-state index contributed by atoms with van der Waals surface area (Å²) >= 11 is 0. The molecule has 142 valence electrons. The van der Waals surface area contributed by atoms with Gasteiger partial charge < -0.3 is 4.90 Å². The third-order valence-corrected chi connectivity index (χ3v) is 5.71. The molecule has 0 atom stereocenters. The lowest BCUT2D eigenvalue weighted by atomic mass is 9.86. The Kier molecular flexibility index (Phi) is 4.70. The number of urea groups is 1. The van der Waals surface area contributed by atoms with Gasteiger partial charge in [0.1, 0.15) is 5.54 Å². The molecule has 7 nitrogen and oxygen atoms in total. The van der Waals surface area contributed by atoms with Crippen molar-refractivity contribution in [3.8, 4) is 0 Å². The van der Waals surface area contributed by atoms with Crippen molar-refractivity contribution in [2.75, 3.05) is 19.6 Å². The summed E-state index contributed by atoms with van der Waals surface area (Å²) in [5.74, 6) is -0.129. The number of likely N-dealkylation sites (tertiary alicyclic amines) is 1. The van der Waals surface area contributed by atoms with Crippen molar-refractivity contribution in [1.82, 2.24) is 24.9 Å². The molecule has 0 aliphatic carbocycles. The fraction of sp³-hybridized carbons (Fsp3) is 0.450. The van der Waals surface area contributed by atoms with E-state index >= 15 is 0 Å². The molecular weight excluding hydrogens is 342 g/mol. The summed E-state index contributed by atoms with van der Waals surface area (Å²) in [5.41, 5.74) is 1.84. The average molecular weight is 367 g/mol. The second-order valence-electron chi connectivity index (χ2n) is 7.33. The first-order valence-corrected chi connectivity index (χ1v) is 9.51. The first kappa shape index (κ1) is 17.7. The van der Waals surface area contributed by atoms with Crippen LogP contribution in [0.2, 0.25) is 0 Å². The minimum Gasteiger partial charge on any atom is -0.310 e. The summed E-state index contributed by atoms with van der Waals surface area (Å²) in [6, 6.07) is 10.2. The quantitative estimate of drug-likeness (QED) is 0.819. The zero-order valence-corrected chi connectivity index (χ0v) is 15.6. The average Bonchev–Trinajstić information content (AvgIpc) is 3.24. The van der Waals surface area contributed by atoms with Gasteiger partial charge in [-0.3, -0.25) is 19.7 Å². The largest absolute Gasteiger partial charge is 0.325 e. The van der Waals surface area contributed by atoms with Crippen LogP contribution in [0.3, 0.4) is 0 Å². The van der Waals surface area contributed by atoms with Gasteiger partial charge in [-0.15, -0.1) is 0 Å². The number of piperidine rings is 1. The molecule has 0 unspecified atom stereocenters. The van der Waals surface area contributed by atoms with E-state index in [1.807, 2.05) is 23.9 Å². The van der Waals surface area contributed by atoms with Gasteiger partial charge in [0.25, 0.3) is 5.91 Å². The number of rotatable bonds is 5. The van der Waals surface area contributed by atoms with E-state index in [1.165, 1.54) is 11.1 Å². The van der Waals surface area contributed by atoms with Crippen LogP contribution in [0.25, 0.3) is 0 Å². The Labute approximate surface area is 158 Å². The van der Waals surface area contributed by atoms with Gasteiger partial charge in [0, 0.05) is 38.6 Å². The number of imide groups is 1. The maximum Gasteiger partial charge on any atom is 0.325 e. The topological polar surface area (TPSA) is 70.5 Å². The molecule has 3 heterocycles. The van der Waals surface area contributed by atoms with Gasteiger partial charge in [-0.25, -0.2) is 4.79 Å². The van der Waals surface area contributed by atoms with Crippen LogP contribution in [-0.4, -0.2) is 56.7 Å². The number of carbonyl (C=O) groups excluding carboxylic acids is 2. The molecule has 0 radical (unpaired) electrons. The first-order chi connectivity index (χ1) is 13.1. The molecule has 27 heavy (non-hydrogen) atoms. The predicted octanol–water partition coefficient (Wildman–Crippen LogP) is 1.84. The molecule has 1 aromatic heterocycles. The summed E-state index contributed by atoms with van der Waals surface area (Å²) in [7, 11) is 0. The number of carbonyl (C=O) groups is 2. The Bertz CT molecular complexity index is 825. The molecule has 1 N–H and O–H groups in total. The third kappa shape index (κ3) is 3.35. The third-order valence-electron chi connectivity index (χ3n) is 5.71. The van der Waals surface area contributed by atoms with Crippen LogP contribution in [0.1, 0.15) is 30.9 Å². The van der Waals surface area contributed by atoms with Crippen LogP contribution in [0, 0.1) is 0 Å². The Morgan fingerprint density at radius 1 is 1.11 bits per heavy atom. The number of nitrogens with one attached hydrogen (secondary N) is 1. The number of amides is 3. The fourth-order valence-corrected chi connectivity index (χ4v) is 4.29. The van der Waals surface area contributed by atoms with Crippen LogP contribution < -0.4 is 5.32 Å². The van der Waals surface area contributed by atoms with Gasteiger partial charge in [-0.05, 0) is 37.0 Å². The van der Waals surface area contributed by atoms with E-state index < -0.39 is 5.54 Å². The highest BCUT2D eigenvalue weighted by atomic mass is 16.2. The Balaban J connectivity index is 1.40. The molecule has 1 aromatic carbocycles. The maximum atomic E-state index is 12.4. The van der Waals surface area contributed by atoms with E-state index in [-0.39, 0.29) is 11.9 Å². The van der Waals surface area contributed by atoms with Crippen molar-refractivity contribution >= 4 is 11.9 Å². The van der Waals surface area contributed by atoms with Gasteiger partial charge >= 0.3 is 6.03 Å². The van der Waals surface area contributed by atoms with Crippen molar-refractivity contribution in [2.24, 2.45) is 0 Å². The molecule has 4 rings (SSSR count). The lowest BCUT2D eigenvalue weighted by Gasteiger charge is -2.41. The Morgan fingerprint density at radius 2 is 1.85 bits per heavy atom. The zero-order valence-electron chi connectivity index (χ0n) is 15.6. The fourth-order valence-electron chi connectivity index (χ4n) is 4.29. The highest BCUT2D eigenvalue weighted by Crippen LogP contribution is 2.33. The Morgan fingerprint density at radius 3 is 2.52 bits per heavy atom. The van der Waals surface area contributed by atoms with E-state index in [0.29, 0.717) is 19.4 Å². The van der Waals surface area contributed by atoms with Gasteiger partial charge in [0.15, 0.2) is 0 Å². The molecule has 7 heteroatoms. The molecule has 2 saturated heterocycles. The maximum absolute atomic E-state index is 12.4. The number of nitrogens with zero attached hydrogens (tertiary/aromatic N) is 4. The lowest BCUT2D eigenvalue weighted by Crippen LogP contribution is -2.56. The molecule has 2 aliphatic heterocycles. The minimum absolute atomic E-state index is 0.129. The smallest absolute Gasteiger partial charge is 0.310 e. The molecule has 2 fully saturated rings. The van der Waals surface area contributed by atoms with Crippen LogP contribution in [0.5, 0.6) is 0 Å². The van der Waals surface area contributed by atoms with E-state index in [2.05, 4.69) is 39.6 Å². The van der Waals surface area contributed by atoms with Crippen LogP contribution >= 0.6 is 0 Å². The van der Waals surface area contributed by atoms with Crippen molar-refractivity contribution < 1.29 is 9.59 Å². The van der Waals surface area contributed by atoms with Gasteiger partial charge in [-0.1, -0.05) is 24.3 Å². The summed E-state index contributed by atoms with van der Waals surface area (Å²) in [4.78, 5) is 28.5. The summed E-state index contributed by atoms with van der Waals surface area (Å²) < 4.78 is 1.92. The van der Waals surface area contributed by atoms with Crippen LogP contribution in [0.4, 0.5) is 4.79 Å². The number of hydrogen-bond acceptors (Lipinski definition) is 4. The monoisotopic (exact) mass is 367 g/mol. The van der Waals surface area contributed by atoms with Gasteiger partial charge in [-0.2, -0.15) is 5.10 Å². The summed E-state index contributed by atoms with van der Waals surface area (Å²) in [6.45, 7) is 5.72. The van der Waals surface area contributed by atoms with Crippen LogP contribution in [0.15, 0.2) is 42.7 Å².